The van der Waals surface area contributed by atoms with Gasteiger partial charge in [0.1, 0.15) is 0 Å². The van der Waals surface area contributed by atoms with Gasteiger partial charge >= 0.3 is 12.2 Å². The molecule has 2 aliphatic heterocycles. The van der Waals surface area contributed by atoms with Gasteiger partial charge in [0.05, 0.1) is 23.6 Å². The Morgan fingerprint density at radius 3 is 2.34 bits per heavy atom. The van der Waals surface area contributed by atoms with Crippen molar-refractivity contribution in [2.24, 2.45) is 11.8 Å². The molecule has 2 amide bonds. The van der Waals surface area contributed by atoms with Crippen LogP contribution in [0, 0.1) is 11.8 Å². The average Bonchev–Trinajstić information content (AvgIpc) is 3.66. The molecule has 206 valence electrons. The lowest BCUT2D eigenvalue weighted by Crippen LogP contribution is -2.36. The molecule has 2 aromatic rings. The van der Waals surface area contributed by atoms with Gasteiger partial charge in [-0.2, -0.15) is 23.0 Å². The Morgan fingerprint density at radius 2 is 1.74 bits per heavy atom. The molecule has 1 aromatic carbocycles. The van der Waals surface area contributed by atoms with Crippen LogP contribution in [0.1, 0.15) is 43.7 Å². The van der Waals surface area contributed by atoms with Crippen molar-refractivity contribution < 1.29 is 22.8 Å². The summed E-state index contributed by atoms with van der Waals surface area (Å²) in [5.41, 5.74) is 0.980. The zero-order valence-corrected chi connectivity index (χ0v) is 22.1. The molecule has 1 aliphatic carbocycles. The molecule has 11 heteroatoms. The minimum Gasteiger partial charge on any atom is -0.371 e. The van der Waals surface area contributed by atoms with Crippen molar-refractivity contribution in [3.8, 4) is 0 Å². The number of benzene rings is 1. The third-order valence-electron chi connectivity index (χ3n) is 8.49. The molecule has 8 nitrogen and oxygen atoms in total. The number of likely N-dealkylation sites (tertiary alicyclic amines) is 1. The zero-order chi connectivity index (χ0) is 27.2. The molecule has 0 N–H and O–H groups in total. The first-order valence-electron chi connectivity index (χ1n) is 13.2. The molecule has 0 unspecified atom stereocenters. The fraction of sp³-hybridized carbons (Fsp3) is 0.593. The summed E-state index contributed by atoms with van der Waals surface area (Å²) in [5.74, 6) is 0.564. The number of carbonyl (C=O) groups is 2. The van der Waals surface area contributed by atoms with E-state index in [1.54, 1.807) is 19.3 Å². The van der Waals surface area contributed by atoms with Crippen LogP contribution in [-0.4, -0.2) is 77.8 Å². The van der Waals surface area contributed by atoms with E-state index in [1.165, 1.54) is 28.8 Å². The Morgan fingerprint density at radius 1 is 1.08 bits per heavy atom. The van der Waals surface area contributed by atoms with Crippen molar-refractivity contribution in [2.75, 3.05) is 50.1 Å². The zero-order valence-electron chi connectivity index (χ0n) is 22.1. The molecular formula is C27H35F3N6O2. The highest BCUT2D eigenvalue weighted by Crippen LogP contribution is 2.42. The number of hydrogen-bond acceptors (Lipinski definition) is 5. The van der Waals surface area contributed by atoms with Gasteiger partial charge in [-0.1, -0.05) is 6.07 Å². The molecule has 0 spiro atoms. The van der Waals surface area contributed by atoms with Crippen LogP contribution in [-0.2, 0) is 17.5 Å². The molecule has 38 heavy (non-hydrogen) atoms. The second-order valence-corrected chi connectivity index (χ2v) is 11.0. The lowest BCUT2D eigenvalue weighted by molar-refractivity contribution is -0.137. The van der Waals surface area contributed by atoms with E-state index in [4.69, 9.17) is 0 Å². The number of fused-ring (bicyclic) bond motifs is 1. The van der Waals surface area contributed by atoms with Gasteiger partial charge in [-0.05, 0) is 62.3 Å². The smallest absolute Gasteiger partial charge is 0.371 e. The van der Waals surface area contributed by atoms with Crippen LogP contribution in [0.4, 0.5) is 29.3 Å². The van der Waals surface area contributed by atoms with Crippen molar-refractivity contribution in [2.45, 2.75) is 51.4 Å². The third kappa shape index (κ3) is 5.25. The molecular weight excluding hydrogens is 497 g/mol. The van der Waals surface area contributed by atoms with Gasteiger partial charge in [0.15, 0.2) is 0 Å². The molecule has 3 fully saturated rings. The Balaban J connectivity index is 1.19. The van der Waals surface area contributed by atoms with Crippen LogP contribution < -0.4 is 9.80 Å². The van der Waals surface area contributed by atoms with E-state index in [0.29, 0.717) is 61.5 Å². The SMILES string of the molecule is CC(=O)N(C)c1cnn(C(=O)N2C[C@H]3C[C@@H](N(C)Cc4ccc(N5CCCC5)c(C(F)(F)F)c4)C[C@H]3C2)c1. The van der Waals surface area contributed by atoms with Gasteiger partial charge in [0.25, 0.3) is 0 Å². The number of amides is 2. The highest BCUT2D eigenvalue weighted by Gasteiger charge is 2.44. The quantitative estimate of drug-likeness (QED) is 0.575. The van der Waals surface area contributed by atoms with E-state index in [-0.39, 0.29) is 18.0 Å². The van der Waals surface area contributed by atoms with Crippen LogP contribution in [0.25, 0.3) is 0 Å². The number of aromatic nitrogens is 2. The van der Waals surface area contributed by atoms with Gasteiger partial charge in [0.2, 0.25) is 5.91 Å². The maximum absolute atomic E-state index is 13.9. The lowest BCUT2D eigenvalue weighted by atomic mass is 10.0. The van der Waals surface area contributed by atoms with Crippen molar-refractivity contribution in [1.82, 2.24) is 19.6 Å². The first kappa shape index (κ1) is 26.5. The summed E-state index contributed by atoms with van der Waals surface area (Å²) in [6, 6.07) is 4.85. The maximum atomic E-state index is 13.9. The standard InChI is InChI=1S/C27H35F3N6O2/c1-18(37)33(3)23-13-31-36(17-23)26(38)35-15-20-11-22(12-21(20)16-35)32(2)14-19-6-7-25(34-8-4-5-9-34)24(10-19)27(28,29)30/h6-7,10,13,17,20-22H,4-5,8-9,11-12,14-16H2,1-3H3/t20-,21+,22-. The van der Waals surface area contributed by atoms with Crippen LogP contribution in [0.3, 0.4) is 0 Å². The first-order valence-corrected chi connectivity index (χ1v) is 13.2. The Hall–Kier alpha value is -3.08. The summed E-state index contributed by atoms with van der Waals surface area (Å²) >= 11 is 0. The van der Waals surface area contributed by atoms with E-state index < -0.39 is 11.7 Å². The minimum absolute atomic E-state index is 0.139. The van der Waals surface area contributed by atoms with Gasteiger partial charge in [-0.3, -0.25) is 9.69 Å². The number of alkyl halides is 3. The predicted octanol–water partition coefficient (Wildman–Crippen LogP) is 4.30. The van der Waals surface area contributed by atoms with Gasteiger partial charge < -0.3 is 14.7 Å². The maximum Gasteiger partial charge on any atom is 0.418 e. The molecule has 0 radical (unpaired) electrons. The van der Waals surface area contributed by atoms with Gasteiger partial charge in [-0.15, -0.1) is 0 Å². The highest BCUT2D eigenvalue weighted by molar-refractivity contribution is 5.91. The molecule has 3 atom stereocenters. The summed E-state index contributed by atoms with van der Waals surface area (Å²) in [7, 11) is 3.62. The van der Waals surface area contributed by atoms with Crippen LogP contribution in [0.15, 0.2) is 30.6 Å². The highest BCUT2D eigenvalue weighted by atomic mass is 19.4. The molecule has 0 bridgehead atoms. The molecule has 5 rings (SSSR count). The van der Waals surface area contributed by atoms with Crippen LogP contribution in [0.5, 0.6) is 0 Å². The number of anilines is 2. The fourth-order valence-electron chi connectivity index (χ4n) is 6.26. The van der Waals surface area contributed by atoms with Crippen LogP contribution >= 0.6 is 0 Å². The van der Waals surface area contributed by atoms with Gasteiger partial charge in [-0.25, -0.2) is 4.79 Å². The number of rotatable bonds is 5. The van der Waals surface area contributed by atoms with Crippen molar-refractivity contribution in [3.05, 3.63) is 41.7 Å². The molecule has 3 heterocycles. The molecule has 1 aromatic heterocycles. The second kappa shape index (κ2) is 10.2. The monoisotopic (exact) mass is 532 g/mol. The summed E-state index contributed by atoms with van der Waals surface area (Å²) in [6.07, 6.45) is 2.34. The Labute approximate surface area is 221 Å². The summed E-state index contributed by atoms with van der Waals surface area (Å²) in [6.45, 7) is 4.51. The Kier molecular flexibility index (Phi) is 7.15. The van der Waals surface area contributed by atoms with E-state index in [2.05, 4.69) is 10.00 Å². The van der Waals surface area contributed by atoms with E-state index in [9.17, 15) is 22.8 Å². The number of nitrogens with zero attached hydrogens (tertiary/aromatic N) is 6. The lowest BCUT2D eigenvalue weighted by Gasteiger charge is -2.28. The summed E-state index contributed by atoms with van der Waals surface area (Å²) in [5, 5.41) is 4.14. The molecule has 2 saturated heterocycles. The third-order valence-corrected chi connectivity index (χ3v) is 8.49. The number of hydrogen-bond donors (Lipinski definition) is 0. The fourth-order valence-corrected chi connectivity index (χ4v) is 6.26. The normalized spacial score (nSPS) is 23.4. The van der Waals surface area contributed by atoms with E-state index in [1.807, 2.05) is 22.9 Å². The second-order valence-electron chi connectivity index (χ2n) is 11.0. The molecule has 3 aliphatic rings. The number of carbonyl (C=O) groups excluding carboxylic acids is 2. The number of halogens is 3. The van der Waals surface area contributed by atoms with Gasteiger partial charge in [0, 0.05) is 58.4 Å². The predicted molar refractivity (Wildman–Crippen MR) is 138 cm³/mol. The summed E-state index contributed by atoms with van der Waals surface area (Å²) < 4.78 is 42.9. The van der Waals surface area contributed by atoms with Crippen molar-refractivity contribution >= 4 is 23.3 Å². The summed E-state index contributed by atoms with van der Waals surface area (Å²) in [4.78, 5) is 31.8. The topological polar surface area (TPSA) is 64.9 Å². The Bertz CT molecular complexity index is 1180. The average molecular weight is 533 g/mol. The van der Waals surface area contributed by atoms with E-state index in [0.717, 1.165) is 25.7 Å². The first-order chi connectivity index (χ1) is 18.0. The minimum atomic E-state index is -4.39. The van der Waals surface area contributed by atoms with Crippen molar-refractivity contribution in [3.63, 3.8) is 0 Å². The van der Waals surface area contributed by atoms with Crippen LogP contribution in [0.2, 0.25) is 0 Å². The van der Waals surface area contributed by atoms with Crippen molar-refractivity contribution in [1.29, 1.82) is 0 Å². The molecule has 1 saturated carbocycles. The van der Waals surface area contributed by atoms with E-state index >= 15 is 0 Å². The largest absolute Gasteiger partial charge is 0.418 e.